The van der Waals surface area contributed by atoms with E-state index in [4.69, 9.17) is 9.47 Å². The third-order valence-electron chi connectivity index (χ3n) is 6.01. The summed E-state index contributed by atoms with van der Waals surface area (Å²) in [5.74, 6) is 1.10. The second-order valence-electron chi connectivity index (χ2n) is 8.49. The Morgan fingerprint density at radius 3 is 2.60 bits per heavy atom. The van der Waals surface area contributed by atoms with E-state index in [0.717, 1.165) is 44.5 Å². The summed E-state index contributed by atoms with van der Waals surface area (Å²) in [6.07, 6.45) is 10.2. The van der Waals surface area contributed by atoms with Crippen molar-refractivity contribution < 1.29 is 19.1 Å². The molecule has 0 radical (unpaired) electrons. The number of rotatable bonds is 8. The number of hydrogen-bond donors (Lipinski definition) is 0. The van der Waals surface area contributed by atoms with Crippen molar-refractivity contribution in [3.05, 3.63) is 18.2 Å². The fourth-order valence-corrected chi connectivity index (χ4v) is 3.88. The molecule has 1 aromatic rings. The predicted octanol–water partition coefficient (Wildman–Crippen LogP) is 1.38. The highest BCUT2D eigenvalue weighted by atomic mass is 16.5. The second kappa shape index (κ2) is 12.2. The summed E-state index contributed by atoms with van der Waals surface area (Å²) < 4.78 is 12.2. The first-order valence-electron chi connectivity index (χ1n) is 11.3. The quantitative estimate of drug-likeness (QED) is 0.464. The third kappa shape index (κ3) is 7.81. The molecular formula is C22H36N4O4. The van der Waals surface area contributed by atoms with Crippen molar-refractivity contribution in [1.82, 2.24) is 19.4 Å². The van der Waals surface area contributed by atoms with Gasteiger partial charge in [-0.15, -0.1) is 0 Å². The molecule has 0 spiro atoms. The number of morpholine rings is 1. The lowest BCUT2D eigenvalue weighted by Gasteiger charge is -2.39. The lowest BCUT2D eigenvalue weighted by Crippen LogP contribution is -2.48. The van der Waals surface area contributed by atoms with E-state index >= 15 is 0 Å². The van der Waals surface area contributed by atoms with E-state index in [0.29, 0.717) is 25.4 Å². The molecule has 0 unspecified atom stereocenters. The molecule has 30 heavy (non-hydrogen) atoms. The van der Waals surface area contributed by atoms with Gasteiger partial charge in [0.15, 0.2) is 0 Å². The van der Waals surface area contributed by atoms with Crippen molar-refractivity contribution in [3.63, 3.8) is 0 Å². The number of imidazole rings is 1. The molecular weight excluding hydrogens is 384 g/mol. The number of carbonyl (C=O) groups excluding carboxylic acids is 2. The Kier molecular flexibility index (Phi) is 9.29. The molecule has 1 aliphatic carbocycles. The molecule has 0 bridgehead atoms. The first-order chi connectivity index (χ1) is 14.7. The monoisotopic (exact) mass is 420 g/mol. The van der Waals surface area contributed by atoms with Crippen LogP contribution in [0.3, 0.4) is 0 Å². The summed E-state index contributed by atoms with van der Waals surface area (Å²) >= 11 is 0. The predicted molar refractivity (Wildman–Crippen MR) is 113 cm³/mol. The first-order valence-corrected chi connectivity index (χ1v) is 11.3. The van der Waals surface area contributed by atoms with E-state index in [2.05, 4.69) is 21.8 Å². The molecule has 4 rings (SSSR count). The summed E-state index contributed by atoms with van der Waals surface area (Å²) in [7, 11) is 2.22. The Balaban J connectivity index is 0.000000177. The first kappa shape index (κ1) is 22.9. The minimum Gasteiger partial charge on any atom is -0.464 e. The molecule has 3 heterocycles. The molecule has 0 aromatic carbocycles. The lowest BCUT2D eigenvalue weighted by atomic mass is 10.0. The number of likely N-dealkylation sites (tertiary alicyclic amines) is 1. The van der Waals surface area contributed by atoms with Crippen molar-refractivity contribution >= 4 is 12.3 Å². The lowest BCUT2D eigenvalue weighted by molar-refractivity contribution is -0.144. The highest BCUT2D eigenvalue weighted by Crippen LogP contribution is 2.28. The van der Waals surface area contributed by atoms with Gasteiger partial charge >= 0.3 is 5.97 Å². The molecule has 2 aliphatic heterocycles. The van der Waals surface area contributed by atoms with Crippen molar-refractivity contribution in [2.45, 2.75) is 51.1 Å². The fourth-order valence-electron chi connectivity index (χ4n) is 3.88. The molecule has 1 aromatic heterocycles. The van der Waals surface area contributed by atoms with Crippen LogP contribution >= 0.6 is 0 Å². The molecule has 3 aliphatic rings. The Morgan fingerprint density at radius 2 is 1.93 bits per heavy atom. The van der Waals surface area contributed by atoms with Crippen molar-refractivity contribution in [3.8, 4) is 0 Å². The molecule has 0 amide bonds. The summed E-state index contributed by atoms with van der Waals surface area (Å²) in [6.45, 7) is 7.42. The Bertz CT molecular complexity index is 647. The standard InChI is InChI=1S/C12H16N2O3.C10H20N2O/c15-7-1-2-11-13-5-6-14(11)8-12(16)17-9-10-3-4-10;1-11-4-2-10(3-5-11)12-6-8-13-9-7-12/h5-7,10H,1-4,8-9H2;10H,2-9H2,1H3. The number of carbonyl (C=O) groups is 2. The smallest absolute Gasteiger partial charge is 0.326 e. The van der Waals surface area contributed by atoms with E-state index in [1.54, 1.807) is 17.0 Å². The van der Waals surface area contributed by atoms with Gasteiger partial charge < -0.3 is 23.7 Å². The van der Waals surface area contributed by atoms with Crippen LogP contribution in [0.5, 0.6) is 0 Å². The maximum Gasteiger partial charge on any atom is 0.326 e. The van der Waals surface area contributed by atoms with Crippen molar-refractivity contribution in [2.75, 3.05) is 53.0 Å². The largest absolute Gasteiger partial charge is 0.464 e. The summed E-state index contributed by atoms with van der Waals surface area (Å²) in [6, 6.07) is 0.833. The van der Waals surface area contributed by atoms with Crippen molar-refractivity contribution in [1.29, 1.82) is 0 Å². The minimum absolute atomic E-state index is 0.181. The van der Waals surface area contributed by atoms with Gasteiger partial charge in [-0.05, 0) is 51.7 Å². The Labute approximate surface area is 179 Å². The van der Waals surface area contributed by atoms with E-state index in [1.807, 2.05) is 0 Å². The maximum atomic E-state index is 11.5. The Morgan fingerprint density at radius 1 is 1.20 bits per heavy atom. The normalized spacial score (nSPS) is 21.0. The van der Waals surface area contributed by atoms with Gasteiger partial charge in [-0.1, -0.05) is 0 Å². The molecule has 3 fully saturated rings. The van der Waals surface area contributed by atoms with Crippen LogP contribution in [0.4, 0.5) is 0 Å². The number of esters is 1. The third-order valence-corrected chi connectivity index (χ3v) is 6.01. The molecule has 2 saturated heterocycles. The van der Waals surface area contributed by atoms with E-state index < -0.39 is 0 Å². The molecule has 8 nitrogen and oxygen atoms in total. The summed E-state index contributed by atoms with van der Waals surface area (Å²) in [5, 5.41) is 0. The van der Waals surface area contributed by atoms with Gasteiger partial charge in [0.1, 0.15) is 18.7 Å². The molecule has 0 atom stereocenters. The van der Waals surface area contributed by atoms with Crippen LogP contribution in [0.2, 0.25) is 0 Å². The maximum absolute atomic E-state index is 11.5. The zero-order valence-electron chi connectivity index (χ0n) is 18.2. The van der Waals surface area contributed by atoms with Crippen LogP contribution in [0, 0.1) is 5.92 Å². The number of hydrogen-bond acceptors (Lipinski definition) is 7. The second-order valence-corrected chi connectivity index (χ2v) is 8.49. The topological polar surface area (TPSA) is 76.9 Å². The number of ether oxygens (including phenoxy) is 2. The highest BCUT2D eigenvalue weighted by Gasteiger charge is 2.24. The fraction of sp³-hybridized carbons (Fsp3) is 0.773. The number of nitrogens with zero attached hydrogens (tertiary/aromatic N) is 4. The van der Waals surface area contributed by atoms with Crippen LogP contribution in [0.25, 0.3) is 0 Å². The van der Waals surface area contributed by atoms with Crippen LogP contribution in [-0.4, -0.2) is 90.7 Å². The number of aromatic nitrogens is 2. The minimum atomic E-state index is -0.234. The number of aldehydes is 1. The Hall–Kier alpha value is -1.77. The van der Waals surface area contributed by atoms with Gasteiger partial charge in [-0.25, -0.2) is 4.98 Å². The van der Waals surface area contributed by atoms with Gasteiger partial charge in [-0.2, -0.15) is 0 Å². The van der Waals surface area contributed by atoms with Gasteiger partial charge in [0.25, 0.3) is 0 Å². The van der Waals surface area contributed by atoms with Crippen LogP contribution in [-0.2, 0) is 32.0 Å². The van der Waals surface area contributed by atoms with Gasteiger partial charge in [0, 0.05) is 44.4 Å². The van der Waals surface area contributed by atoms with Gasteiger partial charge in [0.2, 0.25) is 0 Å². The zero-order chi connectivity index (χ0) is 21.2. The average molecular weight is 421 g/mol. The van der Waals surface area contributed by atoms with E-state index in [1.165, 1.54) is 38.8 Å². The van der Waals surface area contributed by atoms with Crippen LogP contribution in [0.15, 0.2) is 12.4 Å². The van der Waals surface area contributed by atoms with Crippen LogP contribution in [0.1, 0.15) is 37.9 Å². The molecule has 0 N–H and O–H groups in total. The number of piperidine rings is 1. The van der Waals surface area contributed by atoms with Crippen molar-refractivity contribution in [2.24, 2.45) is 5.92 Å². The van der Waals surface area contributed by atoms with E-state index in [-0.39, 0.29) is 12.5 Å². The number of aryl methyl sites for hydroxylation is 1. The van der Waals surface area contributed by atoms with Gasteiger partial charge in [-0.3, -0.25) is 9.69 Å². The van der Waals surface area contributed by atoms with Crippen LogP contribution < -0.4 is 0 Å². The van der Waals surface area contributed by atoms with E-state index in [9.17, 15) is 9.59 Å². The zero-order valence-corrected chi connectivity index (χ0v) is 18.2. The molecule has 168 valence electrons. The SMILES string of the molecule is CN1CCC(N2CCOCC2)CC1.O=CCCc1nccn1CC(=O)OCC1CC1. The summed E-state index contributed by atoms with van der Waals surface area (Å²) in [5.41, 5.74) is 0. The molecule has 1 saturated carbocycles. The average Bonchev–Trinajstić information content (AvgIpc) is 3.51. The summed E-state index contributed by atoms with van der Waals surface area (Å²) in [4.78, 5) is 31.0. The van der Waals surface area contributed by atoms with Gasteiger partial charge in [0.05, 0.1) is 19.8 Å². The highest BCUT2D eigenvalue weighted by molar-refractivity contribution is 5.69. The molecule has 8 heteroatoms.